The number of hydrogen-bond donors (Lipinski definition) is 3. The largest absolute Gasteiger partial charge is 0.508 e. The van der Waals surface area contributed by atoms with Gasteiger partial charge in [0, 0.05) is 17.5 Å². The number of aromatic nitrogens is 2. The fraction of sp³-hybridized carbons (Fsp3) is 0.111. The molecule has 1 unspecified atom stereocenters. The number of methoxy groups -OCH3 is 1. The van der Waals surface area contributed by atoms with Crippen LogP contribution in [0.5, 0.6) is 5.75 Å². The van der Waals surface area contributed by atoms with Gasteiger partial charge in [-0.25, -0.2) is 9.89 Å². The number of ether oxygens (including phenoxy) is 1. The second-order valence-corrected chi connectivity index (χ2v) is 7.80. The van der Waals surface area contributed by atoms with Crippen LogP contribution in [0.15, 0.2) is 89.7 Å². The van der Waals surface area contributed by atoms with Gasteiger partial charge in [0.05, 0.1) is 12.8 Å². The number of nitrogens with one attached hydrogen (secondary N) is 2. The number of aromatic hydroxyl groups is 1. The molecule has 0 aliphatic carbocycles. The predicted octanol–water partition coefficient (Wildman–Crippen LogP) is 3.32. The topological polar surface area (TPSA) is 121 Å². The van der Waals surface area contributed by atoms with Crippen LogP contribution in [-0.2, 0) is 16.0 Å². The fourth-order valence-corrected chi connectivity index (χ4v) is 3.79. The summed E-state index contributed by atoms with van der Waals surface area (Å²) < 4.78 is 4.88. The van der Waals surface area contributed by atoms with Crippen molar-refractivity contribution in [1.29, 1.82) is 0 Å². The van der Waals surface area contributed by atoms with Crippen LogP contribution in [-0.4, -0.2) is 40.3 Å². The summed E-state index contributed by atoms with van der Waals surface area (Å²) in [5.74, 6) is -1.32. The highest BCUT2D eigenvalue weighted by molar-refractivity contribution is 6.04. The van der Waals surface area contributed by atoms with Crippen molar-refractivity contribution < 1.29 is 19.4 Å². The SMILES string of the molecule is COC(=O)C(Cc1ccc(O)cc1)NC(=O)c1c(-c2ccccc2)c(-c2ccccc2)n[nH]c1=O. The van der Waals surface area contributed by atoms with Gasteiger partial charge < -0.3 is 15.2 Å². The molecule has 0 aliphatic heterocycles. The standard InChI is InChI=1S/C27H23N3O5/c1-35-27(34)21(16-17-12-14-20(31)15-13-17)28-25(32)23-22(18-8-4-2-5-9-18)24(29-30-26(23)33)19-10-6-3-7-11-19/h2-15,21,31H,16H2,1H3,(H,28,32)(H,30,33). The van der Waals surface area contributed by atoms with E-state index >= 15 is 0 Å². The van der Waals surface area contributed by atoms with Gasteiger partial charge in [-0.3, -0.25) is 9.59 Å². The van der Waals surface area contributed by atoms with Crippen LogP contribution < -0.4 is 10.9 Å². The van der Waals surface area contributed by atoms with Crippen molar-refractivity contribution in [2.45, 2.75) is 12.5 Å². The summed E-state index contributed by atoms with van der Waals surface area (Å²) in [6.45, 7) is 0. The molecule has 4 rings (SSSR count). The number of hydrogen-bond acceptors (Lipinski definition) is 6. The van der Waals surface area contributed by atoms with Gasteiger partial charge >= 0.3 is 5.97 Å². The third-order valence-electron chi connectivity index (χ3n) is 5.49. The number of aromatic amines is 1. The first-order chi connectivity index (χ1) is 17.0. The third-order valence-corrected chi connectivity index (χ3v) is 5.49. The molecule has 1 amide bonds. The maximum Gasteiger partial charge on any atom is 0.328 e. The maximum absolute atomic E-state index is 13.5. The van der Waals surface area contributed by atoms with E-state index in [1.165, 1.54) is 19.2 Å². The summed E-state index contributed by atoms with van der Waals surface area (Å²) in [4.78, 5) is 38.9. The van der Waals surface area contributed by atoms with E-state index in [4.69, 9.17) is 4.74 Å². The molecule has 176 valence electrons. The lowest BCUT2D eigenvalue weighted by atomic mass is 9.95. The number of H-pyrrole nitrogens is 1. The average Bonchev–Trinajstić information content (AvgIpc) is 2.89. The lowest BCUT2D eigenvalue weighted by Crippen LogP contribution is -2.45. The van der Waals surface area contributed by atoms with Crippen LogP contribution in [0.4, 0.5) is 0 Å². The Morgan fingerprint density at radius 2 is 1.54 bits per heavy atom. The number of esters is 1. The van der Waals surface area contributed by atoms with Crippen LogP contribution in [0, 0.1) is 0 Å². The van der Waals surface area contributed by atoms with Crippen molar-refractivity contribution in [3.05, 3.63) is 106 Å². The first-order valence-electron chi connectivity index (χ1n) is 10.9. The summed E-state index contributed by atoms with van der Waals surface area (Å²) >= 11 is 0. The molecule has 0 saturated carbocycles. The molecule has 0 saturated heterocycles. The van der Waals surface area contributed by atoms with Crippen LogP contribution in [0.25, 0.3) is 22.4 Å². The Morgan fingerprint density at radius 1 is 0.943 bits per heavy atom. The monoisotopic (exact) mass is 469 g/mol. The summed E-state index contributed by atoms with van der Waals surface area (Å²) in [7, 11) is 1.22. The fourth-order valence-electron chi connectivity index (χ4n) is 3.79. The van der Waals surface area contributed by atoms with Crippen molar-refractivity contribution in [2.24, 2.45) is 0 Å². The predicted molar refractivity (Wildman–Crippen MR) is 131 cm³/mol. The highest BCUT2D eigenvalue weighted by Gasteiger charge is 2.28. The number of phenols is 1. The van der Waals surface area contributed by atoms with E-state index in [1.54, 1.807) is 36.4 Å². The van der Waals surface area contributed by atoms with E-state index in [0.717, 1.165) is 0 Å². The molecular formula is C27H23N3O5. The van der Waals surface area contributed by atoms with Gasteiger partial charge in [-0.15, -0.1) is 0 Å². The first-order valence-corrected chi connectivity index (χ1v) is 10.9. The van der Waals surface area contributed by atoms with Gasteiger partial charge in [0.15, 0.2) is 0 Å². The van der Waals surface area contributed by atoms with Gasteiger partial charge in [-0.2, -0.15) is 5.10 Å². The van der Waals surface area contributed by atoms with Crippen molar-refractivity contribution in [3.63, 3.8) is 0 Å². The molecule has 1 aromatic heterocycles. The van der Waals surface area contributed by atoms with Crippen LogP contribution >= 0.6 is 0 Å². The Balaban J connectivity index is 1.79. The third kappa shape index (κ3) is 5.27. The molecule has 3 N–H and O–H groups in total. The molecule has 1 atom stereocenters. The molecule has 0 radical (unpaired) electrons. The number of carbonyl (C=O) groups excluding carboxylic acids is 2. The van der Waals surface area contributed by atoms with Crippen molar-refractivity contribution in [1.82, 2.24) is 15.5 Å². The van der Waals surface area contributed by atoms with Crippen LogP contribution in [0.2, 0.25) is 0 Å². The van der Waals surface area contributed by atoms with Crippen molar-refractivity contribution >= 4 is 11.9 Å². The number of benzene rings is 3. The Morgan fingerprint density at radius 3 is 2.14 bits per heavy atom. The van der Waals surface area contributed by atoms with Gasteiger partial charge in [0.1, 0.15) is 17.4 Å². The maximum atomic E-state index is 13.5. The molecule has 4 aromatic rings. The highest BCUT2D eigenvalue weighted by Crippen LogP contribution is 2.31. The molecule has 0 bridgehead atoms. The molecule has 35 heavy (non-hydrogen) atoms. The Hall–Kier alpha value is -4.72. The van der Waals surface area contributed by atoms with E-state index in [0.29, 0.717) is 27.9 Å². The smallest absolute Gasteiger partial charge is 0.328 e. The van der Waals surface area contributed by atoms with Gasteiger partial charge in [0.2, 0.25) is 0 Å². The minimum absolute atomic E-state index is 0.0802. The van der Waals surface area contributed by atoms with Crippen LogP contribution in [0.1, 0.15) is 15.9 Å². The van der Waals surface area contributed by atoms with E-state index < -0.39 is 23.5 Å². The number of nitrogens with zero attached hydrogens (tertiary/aromatic N) is 1. The Kier molecular flexibility index (Phi) is 7.02. The van der Waals surface area contributed by atoms with Crippen LogP contribution in [0.3, 0.4) is 0 Å². The highest BCUT2D eigenvalue weighted by atomic mass is 16.5. The quantitative estimate of drug-likeness (QED) is 0.357. The molecule has 0 spiro atoms. The van der Waals surface area contributed by atoms with E-state index in [2.05, 4.69) is 15.5 Å². The average molecular weight is 469 g/mol. The summed E-state index contributed by atoms with van der Waals surface area (Å²) in [6, 6.07) is 23.4. The van der Waals surface area contributed by atoms with Gasteiger partial charge in [0.25, 0.3) is 11.5 Å². The normalized spacial score (nSPS) is 11.5. The van der Waals surface area contributed by atoms with Gasteiger partial charge in [-0.1, -0.05) is 72.8 Å². The first kappa shape index (κ1) is 23.4. The summed E-state index contributed by atoms with van der Waals surface area (Å²) in [5.41, 5.74) is 1.96. The number of rotatable bonds is 7. The molecule has 0 fully saturated rings. The van der Waals surface area contributed by atoms with E-state index in [9.17, 15) is 19.5 Å². The van der Waals surface area contributed by atoms with Gasteiger partial charge in [-0.05, 0) is 23.3 Å². The lowest BCUT2D eigenvalue weighted by molar-refractivity contribution is -0.142. The zero-order chi connectivity index (χ0) is 24.8. The minimum Gasteiger partial charge on any atom is -0.508 e. The Labute approximate surface area is 201 Å². The second-order valence-electron chi connectivity index (χ2n) is 7.80. The zero-order valence-corrected chi connectivity index (χ0v) is 18.9. The number of phenolic OH excluding ortho intramolecular Hbond substituents is 1. The Bertz CT molecular complexity index is 1380. The minimum atomic E-state index is -1.06. The number of amides is 1. The summed E-state index contributed by atoms with van der Waals surface area (Å²) in [6.07, 6.45) is 0.105. The molecule has 0 aliphatic rings. The molecular weight excluding hydrogens is 446 g/mol. The molecule has 8 nitrogen and oxygen atoms in total. The summed E-state index contributed by atoms with van der Waals surface area (Å²) in [5, 5.41) is 18.8. The molecule has 1 heterocycles. The lowest BCUT2D eigenvalue weighted by Gasteiger charge is -2.18. The second kappa shape index (κ2) is 10.5. The molecule has 8 heteroatoms. The van der Waals surface area contributed by atoms with Crippen molar-refractivity contribution in [2.75, 3.05) is 7.11 Å². The number of carbonyl (C=O) groups is 2. The zero-order valence-electron chi connectivity index (χ0n) is 18.9. The van der Waals surface area contributed by atoms with E-state index in [1.807, 2.05) is 36.4 Å². The molecule has 3 aromatic carbocycles. The van der Waals surface area contributed by atoms with E-state index in [-0.39, 0.29) is 17.7 Å². The van der Waals surface area contributed by atoms with Crippen molar-refractivity contribution in [3.8, 4) is 28.1 Å².